The molecule has 0 spiro atoms. The van der Waals surface area contributed by atoms with Crippen LogP contribution in [0.3, 0.4) is 0 Å². The Balaban J connectivity index is 1.40. The highest BCUT2D eigenvalue weighted by Crippen LogP contribution is 2.27. The number of hydrogen-bond acceptors (Lipinski definition) is 6. The lowest BCUT2D eigenvalue weighted by Gasteiger charge is -2.26. The van der Waals surface area contributed by atoms with Crippen molar-refractivity contribution in [3.8, 4) is 11.5 Å². The van der Waals surface area contributed by atoms with Crippen LogP contribution in [0.15, 0.2) is 54.7 Å². The van der Waals surface area contributed by atoms with Gasteiger partial charge >= 0.3 is 0 Å². The summed E-state index contributed by atoms with van der Waals surface area (Å²) in [6.45, 7) is 5.24. The molecule has 5 rings (SSSR count). The Morgan fingerprint density at radius 1 is 1.11 bits per heavy atom. The summed E-state index contributed by atoms with van der Waals surface area (Å²) in [6, 6.07) is 15.0. The van der Waals surface area contributed by atoms with Gasteiger partial charge in [0.2, 0.25) is 11.7 Å². The van der Waals surface area contributed by atoms with Gasteiger partial charge in [0.05, 0.1) is 36.7 Å². The molecular formula is C26H28N4O5. The van der Waals surface area contributed by atoms with Gasteiger partial charge in [0.15, 0.2) is 12.1 Å². The van der Waals surface area contributed by atoms with Crippen LogP contribution in [0.25, 0.3) is 21.9 Å². The summed E-state index contributed by atoms with van der Waals surface area (Å²) in [6.07, 6.45) is 2.22. The third kappa shape index (κ3) is 4.85. The monoisotopic (exact) mass is 476 g/mol. The number of nitrogens with zero attached hydrogens (tertiary/aromatic N) is 4. The van der Waals surface area contributed by atoms with E-state index in [0.29, 0.717) is 56.2 Å². The molecule has 1 fully saturated rings. The normalized spacial score (nSPS) is 13.9. The second-order valence-electron chi connectivity index (χ2n) is 8.34. The molecule has 0 radical (unpaired) electrons. The molecule has 0 unspecified atom stereocenters. The third-order valence-corrected chi connectivity index (χ3v) is 6.14. The van der Waals surface area contributed by atoms with Gasteiger partial charge in [-0.3, -0.25) is 4.79 Å². The lowest BCUT2D eigenvalue weighted by Crippen LogP contribution is -2.43. The molecule has 0 bridgehead atoms. The number of benzene rings is 2. The number of morpholine rings is 1. The fraction of sp³-hybridized carbons (Fsp3) is 0.346. The van der Waals surface area contributed by atoms with Crippen molar-refractivity contribution < 1.29 is 23.7 Å². The Morgan fingerprint density at radius 3 is 2.69 bits per heavy atom. The average molecular weight is 477 g/mol. The number of imidazole rings is 1. The van der Waals surface area contributed by atoms with Gasteiger partial charge < -0.3 is 28.9 Å². The fourth-order valence-corrected chi connectivity index (χ4v) is 4.39. The summed E-state index contributed by atoms with van der Waals surface area (Å²) in [7, 11) is 0. The summed E-state index contributed by atoms with van der Waals surface area (Å²) in [5.74, 6) is 2.08. The minimum atomic E-state index is -0.0945. The zero-order chi connectivity index (χ0) is 24.2. The predicted molar refractivity (Wildman–Crippen MR) is 130 cm³/mol. The van der Waals surface area contributed by atoms with Crippen molar-refractivity contribution >= 4 is 27.8 Å². The van der Waals surface area contributed by atoms with E-state index in [4.69, 9.17) is 19.2 Å². The molecule has 4 aromatic rings. The van der Waals surface area contributed by atoms with Gasteiger partial charge in [-0.25, -0.2) is 4.98 Å². The number of para-hydroxylation sites is 1. The molecule has 182 valence electrons. The van der Waals surface area contributed by atoms with Crippen LogP contribution >= 0.6 is 0 Å². The largest absolute Gasteiger partial charge is 0.618 e. The molecular weight excluding hydrogens is 448 g/mol. The zero-order valence-corrected chi connectivity index (χ0v) is 19.7. The Morgan fingerprint density at radius 2 is 1.91 bits per heavy atom. The van der Waals surface area contributed by atoms with Gasteiger partial charge in [0.1, 0.15) is 23.9 Å². The van der Waals surface area contributed by atoms with Gasteiger partial charge in [0.25, 0.3) is 5.91 Å². The van der Waals surface area contributed by atoms with Crippen LogP contribution in [-0.4, -0.2) is 59.9 Å². The third-order valence-electron chi connectivity index (χ3n) is 6.14. The summed E-state index contributed by atoms with van der Waals surface area (Å²) >= 11 is 0. The maximum absolute atomic E-state index is 12.8. The maximum atomic E-state index is 12.8. The number of aromatic nitrogens is 3. The molecule has 1 saturated heterocycles. The van der Waals surface area contributed by atoms with Crippen LogP contribution in [-0.2, 0) is 22.5 Å². The van der Waals surface area contributed by atoms with Gasteiger partial charge in [0, 0.05) is 19.5 Å². The van der Waals surface area contributed by atoms with E-state index >= 15 is 0 Å². The number of fused-ring (bicyclic) bond motifs is 3. The van der Waals surface area contributed by atoms with Gasteiger partial charge in [-0.1, -0.05) is 25.1 Å². The highest BCUT2D eigenvalue weighted by Gasteiger charge is 2.20. The minimum Gasteiger partial charge on any atom is -0.618 e. The van der Waals surface area contributed by atoms with E-state index in [1.165, 1.54) is 6.20 Å². The van der Waals surface area contributed by atoms with E-state index in [-0.39, 0.29) is 12.5 Å². The lowest BCUT2D eigenvalue weighted by atomic mass is 10.2. The zero-order valence-electron chi connectivity index (χ0n) is 19.7. The van der Waals surface area contributed by atoms with E-state index in [1.807, 2.05) is 43.3 Å². The number of carbonyl (C=O) groups is 1. The van der Waals surface area contributed by atoms with Crippen LogP contribution in [0.2, 0.25) is 0 Å². The van der Waals surface area contributed by atoms with Gasteiger partial charge in [-0.15, -0.1) is 0 Å². The molecule has 1 amide bonds. The van der Waals surface area contributed by atoms with Crippen molar-refractivity contribution in [2.75, 3.05) is 39.5 Å². The Labute approximate surface area is 203 Å². The second kappa shape index (κ2) is 10.2. The van der Waals surface area contributed by atoms with Crippen molar-refractivity contribution in [3.63, 3.8) is 0 Å². The first kappa shape index (κ1) is 22.9. The fourth-order valence-electron chi connectivity index (χ4n) is 4.39. The Hall–Kier alpha value is -3.85. The highest BCUT2D eigenvalue weighted by molar-refractivity contribution is 6.01. The van der Waals surface area contributed by atoms with E-state index in [0.717, 1.165) is 33.6 Å². The van der Waals surface area contributed by atoms with Crippen molar-refractivity contribution in [1.29, 1.82) is 0 Å². The number of aryl methyl sites for hydroxylation is 1. The number of hydrogen-bond donors (Lipinski definition) is 0. The van der Waals surface area contributed by atoms with Crippen LogP contribution in [0.4, 0.5) is 0 Å². The first-order chi connectivity index (χ1) is 17.1. The highest BCUT2D eigenvalue weighted by atomic mass is 16.5. The van der Waals surface area contributed by atoms with Crippen molar-refractivity contribution in [2.45, 2.75) is 19.9 Å². The lowest BCUT2D eigenvalue weighted by molar-refractivity contribution is -0.575. The maximum Gasteiger partial charge on any atom is 0.260 e. The molecule has 0 N–H and O–H groups in total. The van der Waals surface area contributed by atoms with Crippen molar-refractivity contribution in [2.24, 2.45) is 0 Å². The summed E-state index contributed by atoms with van der Waals surface area (Å²) in [5, 5.41) is 13.6. The molecule has 0 saturated carbocycles. The molecule has 35 heavy (non-hydrogen) atoms. The molecule has 0 atom stereocenters. The molecule has 3 heterocycles. The molecule has 0 aliphatic carbocycles. The van der Waals surface area contributed by atoms with Crippen LogP contribution in [0.5, 0.6) is 11.5 Å². The average Bonchev–Trinajstić information content (AvgIpc) is 3.25. The van der Waals surface area contributed by atoms with E-state index < -0.39 is 0 Å². The molecule has 2 aromatic heterocycles. The van der Waals surface area contributed by atoms with E-state index in [2.05, 4.69) is 4.57 Å². The number of ether oxygens (including phenoxy) is 3. The number of rotatable bonds is 8. The second-order valence-corrected chi connectivity index (χ2v) is 8.34. The van der Waals surface area contributed by atoms with Crippen LogP contribution in [0.1, 0.15) is 12.7 Å². The van der Waals surface area contributed by atoms with Crippen molar-refractivity contribution in [1.82, 2.24) is 14.5 Å². The molecule has 1 aliphatic rings. The molecule has 9 nitrogen and oxygen atoms in total. The smallest absolute Gasteiger partial charge is 0.260 e. The summed E-state index contributed by atoms with van der Waals surface area (Å²) in [4.78, 5) is 18.8. The topological polar surface area (TPSA) is 92.8 Å². The summed E-state index contributed by atoms with van der Waals surface area (Å²) < 4.78 is 19.9. The minimum absolute atomic E-state index is 0.0820. The van der Waals surface area contributed by atoms with E-state index in [1.54, 1.807) is 17.0 Å². The Bertz CT molecular complexity index is 1330. The van der Waals surface area contributed by atoms with Crippen LogP contribution in [0, 0.1) is 5.21 Å². The quantitative estimate of drug-likeness (QED) is 0.287. The number of amides is 1. The number of pyridine rings is 1. The van der Waals surface area contributed by atoms with E-state index in [9.17, 15) is 10.0 Å². The van der Waals surface area contributed by atoms with Crippen LogP contribution < -0.4 is 14.2 Å². The summed E-state index contributed by atoms with van der Waals surface area (Å²) in [5.41, 5.74) is 1.98. The molecule has 2 aromatic carbocycles. The Kier molecular flexibility index (Phi) is 6.67. The van der Waals surface area contributed by atoms with Gasteiger partial charge in [-0.2, -0.15) is 4.73 Å². The molecule has 9 heteroatoms. The first-order valence-corrected chi connectivity index (χ1v) is 11.8. The number of carbonyl (C=O) groups excluding carboxylic acids is 1. The standard InChI is InChI=1S/C26H28N4O5/c1-2-24-27-22-17-30(32)23-16-20(35-18-25(31)28-10-13-33-14-11-28)8-9-21(23)26(22)29(24)12-15-34-19-6-4-3-5-7-19/h3-9,16-17H,2,10-15,18H2,1H3. The van der Waals surface area contributed by atoms with Gasteiger partial charge in [-0.05, 0) is 24.3 Å². The first-order valence-electron chi connectivity index (χ1n) is 11.8. The SMILES string of the molecule is CCc1nc2c[n+]([O-])c3cc(OCC(=O)N4CCOCC4)ccc3c2n1CCOc1ccccc1. The molecule has 1 aliphatic heterocycles. The predicted octanol–water partition coefficient (Wildman–Crippen LogP) is 2.70. The van der Waals surface area contributed by atoms with Crippen molar-refractivity contribution in [3.05, 3.63) is 65.8 Å².